The third kappa shape index (κ3) is 2.20. The van der Waals surface area contributed by atoms with Crippen molar-refractivity contribution in [2.75, 3.05) is 0 Å². The summed E-state index contributed by atoms with van der Waals surface area (Å²) in [4.78, 5) is 6.13. The second kappa shape index (κ2) is 5.23. The van der Waals surface area contributed by atoms with E-state index in [1.54, 1.807) is 0 Å². The third-order valence-electron chi connectivity index (χ3n) is 7.49. The Hall–Kier alpha value is -0.0800. The van der Waals surface area contributed by atoms with Crippen LogP contribution in [0.4, 0.5) is 0 Å². The van der Waals surface area contributed by atoms with Crippen molar-refractivity contribution < 1.29 is 4.84 Å². The van der Waals surface area contributed by atoms with Gasteiger partial charge in [-0.15, -0.1) is 0 Å². The zero-order valence-corrected chi connectivity index (χ0v) is 14.0. The average Bonchev–Trinajstić information content (AvgIpc) is 2.86. The van der Waals surface area contributed by atoms with Crippen LogP contribution in [0.15, 0.2) is 0 Å². The van der Waals surface area contributed by atoms with E-state index in [4.69, 9.17) is 4.84 Å². The summed E-state index contributed by atoms with van der Waals surface area (Å²) in [7, 11) is 0. The molecule has 1 aliphatic heterocycles. The van der Waals surface area contributed by atoms with Crippen LogP contribution in [0.1, 0.15) is 84.5 Å². The third-order valence-corrected chi connectivity index (χ3v) is 7.49. The maximum absolute atomic E-state index is 6.13. The molecule has 4 aliphatic carbocycles. The quantitative estimate of drug-likeness (QED) is 0.732. The number of hydrogen-bond donors (Lipinski definition) is 1. The zero-order valence-electron chi connectivity index (χ0n) is 14.0. The van der Waals surface area contributed by atoms with Gasteiger partial charge in [-0.1, -0.05) is 39.5 Å². The molecule has 1 saturated heterocycles. The summed E-state index contributed by atoms with van der Waals surface area (Å²) in [6.45, 7) is 4.87. The van der Waals surface area contributed by atoms with Gasteiger partial charge in [0, 0.05) is 0 Å². The summed E-state index contributed by atoms with van der Waals surface area (Å²) in [5.41, 5.74) is 4.49. The van der Waals surface area contributed by atoms with E-state index in [-0.39, 0.29) is 0 Å². The smallest absolute Gasteiger partial charge is 0.0809 e. The van der Waals surface area contributed by atoms with Crippen molar-refractivity contribution in [3.63, 3.8) is 0 Å². The fraction of sp³-hybridized carbons (Fsp3) is 1.00. The number of hydrogen-bond acceptors (Lipinski definition) is 2. The summed E-state index contributed by atoms with van der Waals surface area (Å²) in [5, 5.41) is 0. The topological polar surface area (TPSA) is 21.3 Å². The molecular formula is C19H33NO. The average molecular weight is 291 g/mol. The Bertz CT molecular complexity index is 381. The lowest BCUT2D eigenvalue weighted by Crippen LogP contribution is -2.67. The van der Waals surface area contributed by atoms with Gasteiger partial charge < -0.3 is 0 Å². The fourth-order valence-corrected chi connectivity index (χ4v) is 6.73. The van der Waals surface area contributed by atoms with E-state index in [2.05, 4.69) is 19.3 Å². The highest BCUT2D eigenvalue weighted by Gasteiger charge is 2.65. The van der Waals surface area contributed by atoms with Crippen LogP contribution in [0.2, 0.25) is 0 Å². The molecule has 4 unspecified atom stereocenters. The standard InChI is InChI=1S/C19H33NO/c1-3-4-5-6-7-17-13-19(20-21-17)16-9-14-8-15(10-16)12-18(19,2)11-14/h14-17,20H,3-13H2,1-2H3. The monoisotopic (exact) mass is 291 g/mol. The second-order valence-electron chi connectivity index (χ2n) is 8.97. The minimum Gasteiger partial charge on any atom is -0.298 e. The first-order valence-corrected chi connectivity index (χ1v) is 9.58. The van der Waals surface area contributed by atoms with Gasteiger partial charge in [-0.25, -0.2) is 0 Å². The molecular weight excluding hydrogens is 258 g/mol. The highest BCUT2D eigenvalue weighted by atomic mass is 16.7. The largest absolute Gasteiger partial charge is 0.298 e. The summed E-state index contributed by atoms with van der Waals surface area (Å²) in [6, 6.07) is 0. The minimum absolute atomic E-state index is 0.329. The Morgan fingerprint density at radius 1 is 1.00 bits per heavy atom. The lowest BCUT2D eigenvalue weighted by Gasteiger charge is -2.65. The van der Waals surface area contributed by atoms with Crippen molar-refractivity contribution in [1.82, 2.24) is 5.48 Å². The molecule has 5 aliphatic rings. The molecule has 4 bridgehead atoms. The highest BCUT2D eigenvalue weighted by molar-refractivity contribution is 5.17. The van der Waals surface area contributed by atoms with Crippen LogP contribution in [-0.2, 0) is 4.84 Å². The molecule has 1 heterocycles. The number of hydroxylamine groups is 1. The predicted molar refractivity (Wildman–Crippen MR) is 85.8 cm³/mol. The van der Waals surface area contributed by atoms with Gasteiger partial charge in [-0.05, 0) is 68.1 Å². The molecule has 0 amide bonds. The van der Waals surface area contributed by atoms with E-state index in [0.717, 1.165) is 17.8 Å². The maximum Gasteiger partial charge on any atom is 0.0809 e. The van der Waals surface area contributed by atoms with Gasteiger partial charge in [-0.3, -0.25) is 4.84 Å². The van der Waals surface area contributed by atoms with Gasteiger partial charge in [0.1, 0.15) is 0 Å². The van der Waals surface area contributed by atoms with Crippen molar-refractivity contribution >= 4 is 0 Å². The molecule has 4 saturated carbocycles. The molecule has 5 rings (SSSR count). The van der Waals surface area contributed by atoms with E-state index in [1.807, 2.05) is 0 Å². The normalized spacial score (nSPS) is 51.1. The van der Waals surface area contributed by atoms with Crippen LogP contribution in [-0.4, -0.2) is 11.6 Å². The first-order valence-electron chi connectivity index (χ1n) is 9.58. The zero-order chi connectivity index (χ0) is 14.5. The fourth-order valence-electron chi connectivity index (χ4n) is 6.73. The molecule has 0 aromatic rings. The lowest BCUT2D eigenvalue weighted by molar-refractivity contribution is -0.152. The van der Waals surface area contributed by atoms with Gasteiger partial charge in [0.25, 0.3) is 0 Å². The van der Waals surface area contributed by atoms with Gasteiger partial charge in [0.2, 0.25) is 0 Å². The predicted octanol–water partition coefficient (Wildman–Crippen LogP) is 4.84. The molecule has 0 radical (unpaired) electrons. The van der Waals surface area contributed by atoms with Gasteiger partial charge in [0.15, 0.2) is 0 Å². The molecule has 5 fully saturated rings. The van der Waals surface area contributed by atoms with Crippen molar-refractivity contribution in [3.8, 4) is 0 Å². The Kier molecular flexibility index (Phi) is 3.61. The summed E-state index contributed by atoms with van der Waals surface area (Å²) in [6.07, 6.45) is 15.9. The van der Waals surface area contributed by atoms with Crippen molar-refractivity contribution in [2.45, 2.75) is 96.1 Å². The Morgan fingerprint density at radius 3 is 2.43 bits per heavy atom. The van der Waals surface area contributed by atoms with Crippen LogP contribution in [0, 0.1) is 23.2 Å². The second-order valence-corrected chi connectivity index (χ2v) is 8.97. The van der Waals surface area contributed by atoms with Crippen LogP contribution in [0.25, 0.3) is 0 Å². The number of nitrogens with one attached hydrogen (secondary N) is 1. The summed E-state index contributed by atoms with van der Waals surface area (Å²) >= 11 is 0. The van der Waals surface area contributed by atoms with Gasteiger partial charge in [-0.2, -0.15) is 5.48 Å². The number of rotatable bonds is 5. The summed E-state index contributed by atoms with van der Waals surface area (Å²) in [5.74, 6) is 2.96. The SMILES string of the molecule is CCCCCCC1CC2(NO1)C1CC3CC(C1)CC2(C)C3. The van der Waals surface area contributed by atoms with Crippen molar-refractivity contribution in [1.29, 1.82) is 0 Å². The van der Waals surface area contributed by atoms with Crippen LogP contribution in [0.5, 0.6) is 0 Å². The first kappa shape index (κ1) is 14.5. The van der Waals surface area contributed by atoms with E-state index in [0.29, 0.717) is 17.1 Å². The molecule has 0 aromatic carbocycles. The van der Waals surface area contributed by atoms with Gasteiger partial charge >= 0.3 is 0 Å². The number of unbranched alkanes of at least 4 members (excludes halogenated alkanes) is 3. The molecule has 2 nitrogen and oxygen atoms in total. The van der Waals surface area contributed by atoms with Crippen molar-refractivity contribution in [2.24, 2.45) is 23.2 Å². The van der Waals surface area contributed by atoms with E-state index in [9.17, 15) is 0 Å². The first-order chi connectivity index (χ1) is 10.2. The molecule has 1 N–H and O–H groups in total. The lowest BCUT2D eigenvalue weighted by atomic mass is 9.42. The molecule has 120 valence electrons. The molecule has 1 spiro atoms. The molecule has 0 aromatic heterocycles. The Morgan fingerprint density at radius 2 is 1.76 bits per heavy atom. The molecule has 21 heavy (non-hydrogen) atoms. The van der Waals surface area contributed by atoms with E-state index >= 15 is 0 Å². The van der Waals surface area contributed by atoms with Gasteiger partial charge in [0.05, 0.1) is 11.6 Å². The maximum atomic E-state index is 6.13. The van der Waals surface area contributed by atoms with E-state index in [1.165, 1.54) is 70.6 Å². The highest BCUT2D eigenvalue weighted by Crippen LogP contribution is 2.66. The van der Waals surface area contributed by atoms with Crippen molar-refractivity contribution in [3.05, 3.63) is 0 Å². The van der Waals surface area contributed by atoms with Crippen LogP contribution < -0.4 is 5.48 Å². The Balaban J connectivity index is 1.43. The minimum atomic E-state index is 0.329. The van der Waals surface area contributed by atoms with E-state index < -0.39 is 0 Å². The molecule has 2 heteroatoms. The molecule has 4 atom stereocenters. The Labute approximate surface area is 130 Å². The summed E-state index contributed by atoms with van der Waals surface area (Å²) < 4.78 is 0. The van der Waals surface area contributed by atoms with Crippen LogP contribution in [0.3, 0.4) is 0 Å². The van der Waals surface area contributed by atoms with Crippen LogP contribution >= 0.6 is 0 Å².